The summed E-state index contributed by atoms with van der Waals surface area (Å²) in [5.74, 6) is -1.57. The average Bonchev–Trinajstić information content (AvgIpc) is 1.88. The standard InChI is InChI=1S/C6H6FNO2/c1-10-6(9)4-5(7)2-3-8/h4H,2H2,1H3/b5-4-. The second-order valence-corrected chi connectivity index (χ2v) is 1.45. The van der Waals surface area contributed by atoms with E-state index in [0.717, 1.165) is 7.11 Å². The van der Waals surface area contributed by atoms with Crippen LogP contribution in [0.5, 0.6) is 0 Å². The van der Waals surface area contributed by atoms with Gasteiger partial charge >= 0.3 is 5.97 Å². The molecule has 0 aromatic heterocycles. The zero-order valence-corrected chi connectivity index (χ0v) is 5.43. The molecule has 0 N–H and O–H groups in total. The summed E-state index contributed by atoms with van der Waals surface area (Å²) in [7, 11) is 1.14. The van der Waals surface area contributed by atoms with Gasteiger partial charge in [-0.05, 0) is 0 Å². The molecule has 54 valence electrons. The number of hydrogen-bond acceptors (Lipinski definition) is 3. The van der Waals surface area contributed by atoms with Gasteiger partial charge in [0.2, 0.25) is 0 Å². The van der Waals surface area contributed by atoms with E-state index in [0.29, 0.717) is 6.08 Å². The Kier molecular flexibility index (Phi) is 3.89. The first-order valence-electron chi connectivity index (χ1n) is 2.51. The lowest BCUT2D eigenvalue weighted by Gasteiger charge is -1.88. The summed E-state index contributed by atoms with van der Waals surface area (Å²) in [5.41, 5.74) is 0. The van der Waals surface area contributed by atoms with Crippen molar-refractivity contribution in [3.8, 4) is 6.07 Å². The Hall–Kier alpha value is -1.37. The molecular formula is C6H6FNO2. The lowest BCUT2D eigenvalue weighted by molar-refractivity contribution is -0.134. The van der Waals surface area contributed by atoms with Crippen LogP contribution in [0.25, 0.3) is 0 Å². The molecule has 0 saturated heterocycles. The summed E-state index contributed by atoms with van der Waals surface area (Å²) in [6, 6.07) is 1.55. The molecule has 0 heterocycles. The van der Waals surface area contributed by atoms with E-state index in [9.17, 15) is 9.18 Å². The minimum atomic E-state index is -0.784. The van der Waals surface area contributed by atoms with Crippen molar-refractivity contribution >= 4 is 5.97 Å². The van der Waals surface area contributed by atoms with Gasteiger partial charge in [-0.25, -0.2) is 9.18 Å². The largest absolute Gasteiger partial charge is 0.466 e. The second-order valence-electron chi connectivity index (χ2n) is 1.45. The van der Waals surface area contributed by atoms with Crippen molar-refractivity contribution < 1.29 is 13.9 Å². The molecule has 0 saturated carbocycles. The maximum atomic E-state index is 12.2. The number of esters is 1. The van der Waals surface area contributed by atoms with E-state index in [1.165, 1.54) is 0 Å². The highest BCUT2D eigenvalue weighted by molar-refractivity contribution is 5.82. The van der Waals surface area contributed by atoms with Crippen LogP contribution in [0.3, 0.4) is 0 Å². The van der Waals surface area contributed by atoms with Crippen LogP contribution in [0.1, 0.15) is 6.42 Å². The third-order valence-electron chi connectivity index (χ3n) is 0.724. The number of hydrogen-bond donors (Lipinski definition) is 0. The zero-order valence-electron chi connectivity index (χ0n) is 5.43. The molecule has 0 aromatic rings. The number of carbonyl (C=O) groups is 1. The molecule has 0 aromatic carbocycles. The maximum Gasteiger partial charge on any atom is 0.333 e. The molecule has 0 amide bonds. The molecule has 0 bridgehead atoms. The fourth-order valence-corrected chi connectivity index (χ4v) is 0.313. The number of allylic oxidation sites excluding steroid dienone is 1. The first-order chi connectivity index (χ1) is 4.70. The molecule has 0 atom stereocenters. The Bertz CT molecular complexity index is 192. The molecule has 0 aliphatic rings. The number of halogens is 1. The van der Waals surface area contributed by atoms with Crippen molar-refractivity contribution in [2.24, 2.45) is 0 Å². The Morgan fingerprint density at radius 1 is 1.90 bits per heavy atom. The summed E-state index contributed by atoms with van der Waals surface area (Å²) in [6.07, 6.45) is 0.248. The highest BCUT2D eigenvalue weighted by atomic mass is 19.1. The average molecular weight is 143 g/mol. The van der Waals surface area contributed by atoms with Gasteiger partial charge in [0.1, 0.15) is 5.83 Å². The molecule has 0 unspecified atom stereocenters. The number of methoxy groups -OCH3 is 1. The Labute approximate surface area is 57.7 Å². The van der Waals surface area contributed by atoms with Crippen LogP contribution in [-0.2, 0) is 9.53 Å². The number of nitrogens with zero attached hydrogens (tertiary/aromatic N) is 1. The van der Waals surface area contributed by atoms with Crippen LogP contribution in [0, 0.1) is 11.3 Å². The van der Waals surface area contributed by atoms with Crippen LogP contribution in [0.4, 0.5) is 4.39 Å². The lowest BCUT2D eigenvalue weighted by atomic mass is 10.4. The fraction of sp³-hybridized carbons (Fsp3) is 0.333. The maximum absolute atomic E-state index is 12.2. The number of nitriles is 1. The SMILES string of the molecule is COC(=O)/C=C(\F)CC#N. The van der Waals surface area contributed by atoms with E-state index in [-0.39, 0.29) is 0 Å². The van der Waals surface area contributed by atoms with E-state index in [4.69, 9.17) is 5.26 Å². The molecular weight excluding hydrogens is 137 g/mol. The highest BCUT2D eigenvalue weighted by Gasteiger charge is 1.98. The minimum Gasteiger partial charge on any atom is -0.466 e. The van der Waals surface area contributed by atoms with Gasteiger partial charge < -0.3 is 4.74 Å². The molecule has 4 heteroatoms. The molecule has 0 spiro atoms. The zero-order chi connectivity index (χ0) is 7.98. The van der Waals surface area contributed by atoms with E-state index < -0.39 is 18.2 Å². The normalized spacial score (nSPS) is 10.3. The Morgan fingerprint density at radius 3 is 2.90 bits per heavy atom. The summed E-state index contributed by atoms with van der Waals surface area (Å²) >= 11 is 0. The van der Waals surface area contributed by atoms with Gasteiger partial charge in [0.25, 0.3) is 0 Å². The van der Waals surface area contributed by atoms with Gasteiger partial charge in [0.15, 0.2) is 0 Å². The van der Waals surface area contributed by atoms with Crippen molar-refractivity contribution in [2.75, 3.05) is 7.11 Å². The predicted octanol–water partition coefficient (Wildman–Crippen LogP) is 0.926. The van der Waals surface area contributed by atoms with Crippen molar-refractivity contribution in [3.63, 3.8) is 0 Å². The highest BCUT2D eigenvalue weighted by Crippen LogP contribution is 2.00. The van der Waals surface area contributed by atoms with Crippen molar-refractivity contribution in [2.45, 2.75) is 6.42 Å². The molecule has 0 radical (unpaired) electrons. The minimum absolute atomic E-state index is 0.394. The van der Waals surface area contributed by atoms with Crippen LogP contribution in [0.15, 0.2) is 11.9 Å². The Morgan fingerprint density at radius 2 is 2.50 bits per heavy atom. The molecule has 10 heavy (non-hydrogen) atoms. The molecule has 0 fully saturated rings. The van der Waals surface area contributed by atoms with Crippen LogP contribution in [0.2, 0.25) is 0 Å². The molecule has 0 rings (SSSR count). The van der Waals surface area contributed by atoms with Crippen LogP contribution in [-0.4, -0.2) is 13.1 Å². The van der Waals surface area contributed by atoms with Crippen LogP contribution >= 0.6 is 0 Å². The second kappa shape index (κ2) is 4.50. The van der Waals surface area contributed by atoms with E-state index >= 15 is 0 Å². The predicted molar refractivity (Wildman–Crippen MR) is 31.4 cm³/mol. The lowest BCUT2D eigenvalue weighted by Crippen LogP contribution is -1.94. The summed E-state index contributed by atoms with van der Waals surface area (Å²) in [5, 5.41) is 7.94. The van der Waals surface area contributed by atoms with Crippen molar-refractivity contribution in [3.05, 3.63) is 11.9 Å². The van der Waals surface area contributed by atoms with Gasteiger partial charge in [-0.2, -0.15) is 5.26 Å². The van der Waals surface area contributed by atoms with Crippen molar-refractivity contribution in [1.82, 2.24) is 0 Å². The quantitative estimate of drug-likeness (QED) is 0.426. The first kappa shape index (κ1) is 8.63. The van der Waals surface area contributed by atoms with E-state index in [1.807, 2.05) is 0 Å². The monoisotopic (exact) mass is 143 g/mol. The van der Waals surface area contributed by atoms with Gasteiger partial charge in [-0.3, -0.25) is 0 Å². The number of rotatable bonds is 2. The summed E-state index contributed by atoms with van der Waals surface area (Å²) in [4.78, 5) is 10.2. The number of ether oxygens (including phenoxy) is 1. The van der Waals surface area contributed by atoms with Gasteiger partial charge in [0.05, 0.1) is 25.7 Å². The Balaban J connectivity index is 3.92. The van der Waals surface area contributed by atoms with Gasteiger partial charge in [0, 0.05) is 0 Å². The first-order valence-corrected chi connectivity index (χ1v) is 2.51. The summed E-state index contributed by atoms with van der Waals surface area (Å²) < 4.78 is 16.3. The third-order valence-corrected chi connectivity index (χ3v) is 0.724. The molecule has 3 nitrogen and oxygen atoms in total. The molecule has 0 aliphatic heterocycles. The topological polar surface area (TPSA) is 50.1 Å². The molecule has 0 aliphatic carbocycles. The van der Waals surface area contributed by atoms with Crippen LogP contribution < -0.4 is 0 Å². The fourth-order valence-electron chi connectivity index (χ4n) is 0.313. The van der Waals surface area contributed by atoms with E-state index in [1.54, 1.807) is 6.07 Å². The van der Waals surface area contributed by atoms with Crippen molar-refractivity contribution in [1.29, 1.82) is 5.26 Å². The third kappa shape index (κ3) is 3.61. The van der Waals surface area contributed by atoms with E-state index in [2.05, 4.69) is 4.74 Å². The summed E-state index contributed by atoms with van der Waals surface area (Å²) in [6.45, 7) is 0. The van der Waals surface area contributed by atoms with Gasteiger partial charge in [-0.15, -0.1) is 0 Å². The van der Waals surface area contributed by atoms with Gasteiger partial charge in [-0.1, -0.05) is 0 Å². The number of carbonyl (C=O) groups excluding carboxylic acids is 1. The smallest absolute Gasteiger partial charge is 0.333 e.